The molecule has 0 bridgehead atoms. The number of H-pyrrole nitrogens is 1. The molecule has 0 aliphatic carbocycles. The fraction of sp³-hybridized carbons (Fsp3) is 0.0526. The largest absolute Gasteiger partial charge is 0.449 e. The van der Waals surface area contributed by atoms with Gasteiger partial charge < -0.3 is 20.5 Å². The van der Waals surface area contributed by atoms with Crippen LogP contribution in [0.5, 0.6) is 0 Å². The quantitative estimate of drug-likeness (QED) is 0.534. The predicted octanol–water partition coefficient (Wildman–Crippen LogP) is 3.19. The molecule has 4 rings (SSSR count). The Morgan fingerprint density at radius 2 is 1.76 bits per heavy atom. The summed E-state index contributed by atoms with van der Waals surface area (Å²) >= 11 is 0. The highest BCUT2D eigenvalue weighted by Gasteiger charge is 2.20. The van der Waals surface area contributed by atoms with Crippen molar-refractivity contribution in [3.63, 3.8) is 0 Å². The minimum atomic E-state index is -0.724. The van der Waals surface area contributed by atoms with Crippen LogP contribution in [0.15, 0.2) is 59.1 Å². The first kappa shape index (κ1) is 15.0. The molecular formula is C19H15N3O3. The maximum Gasteiger partial charge on any atom is 0.286 e. The van der Waals surface area contributed by atoms with Gasteiger partial charge in [-0.2, -0.15) is 0 Å². The number of benzene rings is 2. The topological polar surface area (TPSA) is 101 Å². The number of aromatic amines is 1. The van der Waals surface area contributed by atoms with Crippen LogP contribution in [0.4, 0.5) is 5.69 Å². The van der Waals surface area contributed by atoms with Gasteiger partial charge >= 0.3 is 0 Å². The third-order valence-electron chi connectivity index (χ3n) is 4.11. The summed E-state index contributed by atoms with van der Waals surface area (Å²) in [6.45, 7) is 0. The van der Waals surface area contributed by atoms with Crippen LogP contribution in [0.25, 0.3) is 21.9 Å². The van der Waals surface area contributed by atoms with Crippen molar-refractivity contribution in [2.75, 3.05) is 5.32 Å². The maximum absolute atomic E-state index is 12.5. The van der Waals surface area contributed by atoms with Crippen LogP contribution < -0.4 is 11.1 Å². The number of aromatic nitrogens is 1. The molecule has 0 aliphatic rings. The molecule has 4 aromatic rings. The molecule has 2 aromatic carbocycles. The Labute approximate surface area is 142 Å². The van der Waals surface area contributed by atoms with Crippen LogP contribution in [0.2, 0.25) is 0 Å². The molecule has 0 aliphatic heterocycles. The molecule has 0 fully saturated rings. The molecule has 6 heteroatoms. The number of carbonyl (C=O) groups is 2. The molecule has 0 unspecified atom stereocenters. The Hall–Kier alpha value is -3.54. The van der Waals surface area contributed by atoms with Gasteiger partial charge in [0.25, 0.3) is 5.91 Å². The van der Waals surface area contributed by atoms with Crippen LogP contribution in [-0.4, -0.2) is 16.8 Å². The van der Waals surface area contributed by atoms with Crippen molar-refractivity contribution in [2.45, 2.75) is 6.42 Å². The standard InChI is InChI=1S/C19H15N3O3/c20-19(24)18-17(13-6-2-4-8-15(13)25-18)22-16(23)9-11-10-21-14-7-3-1-5-12(11)14/h1-8,10,21H,9H2,(H2,20,24)(H,22,23). The predicted molar refractivity (Wildman–Crippen MR) is 95.4 cm³/mol. The van der Waals surface area contributed by atoms with Crippen LogP contribution in [0, 0.1) is 0 Å². The van der Waals surface area contributed by atoms with E-state index in [2.05, 4.69) is 10.3 Å². The second kappa shape index (κ2) is 5.83. The highest BCUT2D eigenvalue weighted by molar-refractivity contribution is 6.11. The number of para-hydroxylation sites is 2. The van der Waals surface area contributed by atoms with Crippen LogP contribution in [-0.2, 0) is 11.2 Å². The van der Waals surface area contributed by atoms with Gasteiger partial charge in [0.15, 0.2) is 0 Å². The van der Waals surface area contributed by atoms with Crippen molar-refractivity contribution in [2.24, 2.45) is 5.73 Å². The molecule has 0 spiro atoms. The van der Waals surface area contributed by atoms with Gasteiger partial charge in [0, 0.05) is 22.5 Å². The van der Waals surface area contributed by atoms with Gasteiger partial charge in [-0.15, -0.1) is 0 Å². The Kier molecular flexibility index (Phi) is 3.50. The number of anilines is 1. The summed E-state index contributed by atoms with van der Waals surface area (Å²) in [5.74, 6) is -1.02. The van der Waals surface area contributed by atoms with E-state index in [1.807, 2.05) is 30.5 Å². The van der Waals surface area contributed by atoms with E-state index in [1.54, 1.807) is 24.3 Å². The van der Waals surface area contributed by atoms with Crippen molar-refractivity contribution >= 4 is 39.4 Å². The number of hydrogen-bond donors (Lipinski definition) is 3. The summed E-state index contributed by atoms with van der Waals surface area (Å²) in [5.41, 5.74) is 8.03. The van der Waals surface area contributed by atoms with E-state index in [1.165, 1.54) is 0 Å². The monoisotopic (exact) mass is 333 g/mol. The minimum absolute atomic E-state index is 0.0477. The average molecular weight is 333 g/mol. The number of nitrogens with two attached hydrogens (primary N) is 1. The van der Waals surface area contributed by atoms with E-state index >= 15 is 0 Å². The molecule has 124 valence electrons. The van der Waals surface area contributed by atoms with Gasteiger partial charge in [0.1, 0.15) is 11.3 Å². The summed E-state index contributed by atoms with van der Waals surface area (Å²) in [6.07, 6.45) is 1.98. The van der Waals surface area contributed by atoms with Crippen molar-refractivity contribution in [1.82, 2.24) is 4.98 Å². The van der Waals surface area contributed by atoms with Crippen LogP contribution in [0.3, 0.4) is 0 Å². The van der Waals surface area contributed by atoms with E-state index in [0.717, 1.165) is 16.5 Å². The molecule has 2 aromatic heterocycles. The van der Waals surface area contributed by atoms with Gasteiger partial charge in [0.05, 0.1) is 6.42 Å². The first-order valence-electron chi connectivity index (χ1n) is 7.79. The van der Waals surface area contributed by atoms with Crippen molar-refractivity contribution in [3.8, 4) is 0 Å². The highest BCUT2D eigenvalue weighted by Crippen LogP contribution is 2.30. The zero-order chi connectivity index (χ0) is 17.4. The molecule has 4 N–H and O–H groups in total. The van der Waals surface area contributed by atoms with E-state index in [9.17, 15) is 9.59 Å². The minimum Gasteiger partial charge on any atom is -0.449 e. The fourth-order valence-corrected chi connectivity index (χ4v) is 2.98. The molecule has 0 radical (unpaired) electrons. The number of hydrogen-bond acceptors (Lipinski definition) is 3. The Balaban J connectivity index is 1.66. The zero-order valence-electron chi connectivity index (χ0n) is 13.2. The fourth-order valence-electron chi connectivity index (χ4n) is 2.98. The number of furan rings is 1. The third-order valence-corrected chi connectivity index (χ3v) is 4.11. The maximum atomic E-state index is 12.5. The van der Waals surface area contributed by atoms with Crippen LogP contribution in [0.1, 0.15) is 16.1 Å². The molecule has 0 saturated carbocycles. The van der Waals surface area contributed by atoms with Crippen molar-refractivity contribution < 1.29 is 14.0 Å². The van der Waals surface area contributed by atoms with Crippen molar-refractivity contribution in [3.05, 3.63) is 66.1 Å². The second-order valence-corrected chi connectivity index (χ2v) is 5.75. The molecule has 0 saturated heterocycles. The molecular weight excluding hydrogens is 318 g/mol. The lowest BCUT2D eigenvalue weighted by atomic mass is 10.1. The summed E-state index contributed by atoms with van der Waals surface area (Å²) in [7, 11) is 0. The number of primary amides is 1. The summed E-state index contributed by atoms with van der Waals surface area (Å²) < 4.78 is 5.47. The molecule has 25 heavy (non-hydrogen) atoms. The Morgan fingerprint density at radius 1 is 1.04 bits per heavy atom. The second-order valence-electron chi connectivity index (χ2n) is 5.75. The first-order valence-corrected chi connectivity index (χ1v) is 7.79. The number of rotatable bonds is 4. The molecule has 2 amide bonds. The molecule has 2 heterocycles. The van der Waals surface area contributed by atoms with Gasteiger partial charge in [-0.3, -0.25) is 9.59 Å². The molecule has 6 nitrogen and oxygen atoms in total. The first-order chi connectivity index (χ1) is 12.1. The van der Waals surface area contributed by atoms with E-state index in [-0.39, 0.29) is 18.1 Å². The lowest BCUT2D eigenvalue weighted by Crippen LogP contribution is -2.18. The number of fused-ring (bicyclic) bond motifs is 2. The Morgan fingerprint density at radius 3 is 2.56 bits per heavy atom. The zero-order valence-corrected chi connectivity index (χ0v) is 13.2. The molecule has 0 atom stereocenters. The summed E-state index contributed by atoms with van der Waals surface area (Å²) in [6, 6.07) is 14.8. The lowest BCUT2D eigenvalue weighted by molar-refractivity contribution is -0.115. The van der Waals surface area contributed by atoms with Gasteiger partial charge in [-0.25, -0.2) is 0 Å². The van der Waals surface area contributed by atoms with Gasteiger partial charge in [-0.1, -0.05) is 30.3 Å². The van der Waals surface area contributed by atoms with E-state index in [4.69, 9.17) is 10.2 Å². The Bertz CT molecular complexity index is 1110. The lowest BCUT2D eigenvalue weighted by Gasteiger charge is -2.04. The normalized spacial score (nSPS) is 11.0. The van der Waals surface area contributed by atoms with E-state index < -0.39 is 5.91 Å². The SMILES string of the molecule is NC(=O)c1oc2ccccc2c1NC(=O)Cc1c[nH]c2ccccc12. The summed E-state index contributed by atoms with van der Waals surface area (Å²) in [4.78, 5) is 27.3. The smallest absolute Gasteiger partial charge is 0.286 e. The average Bonchev–Trinajstić information content (AvgIpc) is 3.17. The van der Waals surface area contributed by atoms with Crippen molar-refractivity contribution in [1.29, 1.82) is 0 Å². The highest BCUT2D eigenvalue weighted by atomic mass is 16.3. The number of nitrogens with one attached hydrogen (secondary N) is 2. The summed E-state index contributed by atoms with van der Waals surface area (Å²) in [5, 5.41) is 4.40. The van der Waals surface area contributed by atoms with Gasteiger partial charge in [-0.05, 0) is 23.8 Å². The number of carbonyl (C=O) groups excluding carboxylic acids is 2. The number of amides is 2. The van der Waals surface area contributed by atoms with Gasteiger partial charge in [0.2, 0.25) is 11.7 Å². The van der Waals surface area contributed by atoms with E-state index in [0.29, 0.717) is 16.7 Å². The third kappa shape index (κ3) is 2.63. The van der Waals surface area contributed by atoms with Crippen LogP contribution >= 0.6 is 0 Å².